The summed E-state index contributed by atoms with van der Waals surface area (Å²) in [6.07, 6.45) is 6.71. The van der Waals surface area contributed by atoms with Gasteiger partial charge in [-0.05, 0) is 78.8 Å². The van der Waals surface area contributed by atoms with Crippen molar-refractivity contribution < 1.29 is 21.0 Å². The Morgan fingerprint density at radius 1 is 0.605 bits per heavy atom. The minimum absolute atomic E-state index is 0.0542. The number of benzene rings is 3. The van der Waals surface area contributed by atoms with E-state index in [0.29, 0.717) is 5.69 Å². The molecule has 0 radical (unpaired) electrons. The molecule has 0 saturated carbocycles. The molecule has 0 bridgehead atoms. The minimum Gasteiger partial charge on any atom is -0.264 e. The third-order valence-corrected chi connectivity index (χ3v) is 9.54. The fraction of sp³-hybridized carbons (Fsp3) is 0.400. The zero-order valence-electron chi connectivity index (χ0n) is 22.6. The van der Waals surface area contributed by atoms with Gasteiger partial charge in [0.05, 0.1) is 28.6 Å². The fourth-order valence-electron chi connectivity index (χ4n) is 4.25. The highest BCUT2D eigenvalue weighted by molar-refractivity contribution is 7.92. The van der Waals surface area contributed by atoms with Crippen LogP contribution in [0.2, 0.25) is 0 Å². The van der Waals surface area contributed by atoms with Gasteiger partial charge in [0.15, 0.2) is 0 Å². The van der Waals surface area contributed by atoms with E-state index in [4.69, 9.17) is 4.18 Å². The number of unbranched alkanes of at least 4 members (excludes halogenated alkanes) is 1. The molecule has 3 rings (SSSR count). The lowest BCUT2D eigenvalue weighted by molar-refractivity contribution is 0.328. The van der Waals surface area contributed by atoms with Gasteiger partial charge in [-0.1, -0.05) is 76.4 Å². The molecule has 0 saturated heterocycles. The zero-order chi connectivity index (χ0) is 27.6. The van der Waals surface area contributed by atoms with Crippen LogP contribution >= 0.6 is 0 Å². The monoisotopic (exact) mass is 557 g/mol. The molecular weight excluding hydrogens is 518 g/mol. The topological polar surface area (TPSA) is 80.8 Å². The van der Waals surface area contributed by atoms with Crippen LogP contribution in [-0.2, 0) is 43.6 Å². The van der Waals surface area contributed by atoms with E-state index in [1.807, 2.05) is 24.3 Å². The van der Waals surface area contributed by atoms with E-state index >= 15 is 0 Å². The third kappa shape index (κ3) is 7.91. The molecule has 0 N–H and O–H groups in total. The summed E-state index contributed by atoms with van der Waals surface area (Å²) in [6, 6.07) is 20.9. The molecule has 3 aromatic carbocycles. The molecule has 0 amide bonds. The molecule has 0 aliphatic heterocycles. The van der Waals surface area contributed by atoms with Crippen molar-refractivity contribution in [2.75, 3.05) is 17.5 Å². The number of sulfonamides is 1. The van der Waals surface area contributed by atoms with E-state index in [0.717, 1.165) is 61.6 Å². The Balaban J connectivity index is 1.83. The van der Waals surface area contributed by atoms with Gasteiger partial charge >= 0.3 is 0 Å². The van der Waals surface area contributed by atoms with E-state index < -0.39 is 20.1 Å². The highest BCUT2D eigenvalue weighted by atomic mass is 32.2. The van der Waals surface area contributed by atoms with Crippen LogP contribution in [0.3, 0.4) is 0 Å². The van der Waals surface area contributed by atoms with Crippen LogP contribution in [0.25, 0.3) is 0 Å². The molecule has 0 unspecified atom stereocenters. The summed E-state index contributed by atoms with van der Waals surface area (Å²) in [5, 5.41) is 0. The lowest BCUT2D eigenvalue weighted by Crippen LogP contribution is -2.34. The third-order valence-electron chi connectivity index (χ3n) is 6.38. The second-order valence-corrected chi connectivity index (χ2v) is 12.9. The maximum absolute atomic E-state index is 13.7. The van der Waals surface area contributed by atoms with Crippen molar-refractivity contribution >= 4 is 25.8 Å². The van der Waals surface area contributed by atoms with Crippen molar-refractivity contribution in [3.05, 3.63) is 89.5 Å². The van der Waals surface area contributed by atoms with E-state index in [9.17, 15) is 16.8 Å². The van der Waals surface area contributed by atoms with Gasteiger partial charge < -0.3 is 0 Å². The Kier molecular flexibility index (Phi) is 10.9. The van der Waals surface area contributed by atoms with Crippen LogP contribution in [0.4, 0.5) is 5.69 Å². The first kappa shape index (κ1) is 29.9. The predicted molar refractivity (Wildman–Crippen MR) is 154 cm³/mol. The van der Waals surface area contributed by atoms with E-state index in [-0.39, 0.29) is 22.9 Å². The molecule has 0 fully saturated rings. The summed E-state index contributed by atoms with van der Waals surface area (Å²) >= 11 is 0. The van der Waals surface area contributed by atoms with Crippen molar-refractivity contribution in [3.63, 3.8) is 0 Å². The second-order valence-electron chi connectivity index (χ2n) is 9.41. The minimum atomic E-state index is -4.03. The maximum atomic E-state index is 13.7. The highest BCUT2D eigenvalue weighted by Crippen LogP contribution is 2.25. The average molecular weight is 558 g/mol. The van der Waals surface area contributed by atoms with Crippen LogP contribution in [-0.4, -0.2) is 30.0 Å². The normalized spacial score (nSPS) is 12.0. The molecule has 0 atom stereocenters. The van der Waals surface area contributed by atoms with E-state index in [2.05, 4.69) is 20.8 Å². The first-order valence-electron chi connectivity index (χ1n) is 13.4. The lowest BCUT2D eigenvalue weighted by atomic mass is 10.1. The molecule has 0 aromatic heterocycles. The van der Waals surface area contributed by atoms with Crippen molar-refractivity contribution in [1.29, 1.82) is 0 Å². The standard InChI is InChI=1S/C30H39NO5S2/c1-4-7-10-27-11-17-28(18-12-27)31(37(32,33)29-19-13-25(8-5-2)14-20-29)23-24-36-38(34,35)30-21-15-26(9-6-3)16-22-30/h11-22H,4-10,23-24H2,1-3H3. The molecule has 6 nitrogen and oxygen atoms in total. The van der Waals surface area contributed by atoms with Crippen molar-refractivity contribution in [2.24, 2.45) is 0 Å². The van der Waals surface area contributed by atoms with Gasteiger partial charge in [0.1, 0.15) is 0 Å². The molecular formula is C30H39NO5S2. The quantitative estimate of drug-likeness (QED) is 0.198. The van der Waals surface area contributed by atoms with Crippen LogP contribution < -0.4 is 4.31 Å². The van der Waals surface area contributed by atoms with Crippen molar-refractivity contribution in [2.45, 2.75) is 75.5 Å². The Labute approximate surface area is 228 Å². The van der Waals surface area contributed by atoms with E-state index in [1.54, 1.807) is 36.4 Å². The van der Waals surface area contributed by atoms with Gasteiger partial charge in [0, 0.05) is 0 Å². The molecule has 0 spiro atoms. The summed E-state index contributed by atoms with van der Waals surface area (Å²) in [4.78, 5) is 0.209. The van der Waals surface area contributed by atoms with Crippen LogP contribution in [0, 0.1) is 0 Å². The van der Waals surface area contributed by atoms with Crippen LogP contribution in [0.5, 0.6) is 0 Å². The van der Waals surface area contributed by atoms with Crippen LogP contribution in [0.15, 0.2) is 82.6 Å². The predicted octanol–water partition coefficient (Wildman–Crippen LogP) is 6.54. The van der Waals surface area contributed by atoms with Gasteiger partial charge in [-0.3, -0.25) is 8.49 Å². The molecule has 0 aliphatic rings. The molecule has 0 heterocycles. The second kappa shape index (κ2) is 13.9. The van der Waals surface area contributed by atoms with Crippen molar-refractivity contribution in [1.82, 2.24) is 0 Å². The van der Waals surface area contributed by atoms with Gasteiger partial charge in [-0.2, -0.15) is 8.42 Å². The Hall–Kier alpha value is -2.68. The summed E-state index contributed by atoms with van der Waals surface area (Å²) in [5.74, 6) is 0. The van der Waals surface area contributed by atoms with Crippen molar-refractivity contribution in [3.8, 4) is 0 Å². The molecule has 206 valence electrons. The number of anilines is 1. The number of hydrogen-bond acceptors (Lipinski definition) is 5. The van der Waals surface area contributed by atoms with Gasteiger partial charge in [0.25, 0.3) is 20.1 Å². The molecule has 0 aliphatic carbocycles. The number of nitrogens with zero attached hydrogens (tertiary/aromatic N) is 1. The molecule has 8 heteroatoms. The zero-order valence-corrected chi connectivity index (χ0v) is 24.2. The van der Waals surface area contributed by atoms with Gasteiger partial charge in [0.2, 0.25) is 0 Å². The summed E-state index contributed by atoms with van der Waals surface area (Å²) in [6.45, 7) is 5.79. The Morgan fingerprint density at radius 2 is 1.08 bits per heavy atom. The molecule has 3 aromatic rings. The Bertz CT molecular complexity index is 1350. The summed E-state index contributed by atoms with van der Waals surface area (Å²) in [7, 11) is -7.98. The van der Waals surface area contributed by atoms with Crippen LogP contribution in [0.1, 0.15) is 63.1 Å². The SMILES string of the molecule is CCCCc1ccc(N(CCOS(=O)(=O)c2ccc(CCC)cc2)S(=O)(=O)c2ccc(CCC)cc2)cc1. The number of aryl methyl sites for hydroxylation is 3. The molecule has 38 heavy (non-hydrogen) atoms. The maximum Gasteiger partial charge on any atom is 0.297 e. The lowest BCUT2D eigenvalue weighted by Gasteiger charge is -2.25. The first-order chi connectivity index (χ1) is 18.2. The average Bonchev–Trinajstić information content (AvgIpc) is 2.91. The van der Waals surface area contributed by atoms with Gasteiger partial charge in [-0.15, -0.1) is 0 Å². The van der Waals surface area contributed by atoms with Gasteiger partial charge in [-0.25, -0.2) is 8.42 Å². The smallest absolute Gasteiger partial charge is 0.264 e. The largest absolute Gasteiger partial charge is 0.297 e. The van der Waals surface area contributed by atoms with E-state index in [1.165, 1.54) is 16.4 Å². The number of hydrogen-bond donors (Lipinski definition) is 0. The highest BCUT2D eigenvalue weighted by Gasteiger charge is 2.26. The summed E-state index contributed by atoms with van der Waals surface area (Å²) in [5.41, 5.74) is 3.71. The first-order valence-corrected chi connectivity index (χ1v) is 16.2. The summed E-state index contributed by atoms with van der Waals surface area (Å²) < 4.78 is 59.5. The fourth-order valence-corrected chi connectivity index (χ4v) is 6.60. The Morgan fingerprint density at radius 3 is 1.58 bits per heavy atom. The number of rotatable bonds is 15.